The van der Waals surface area contributed by atoms with Crippen LogP contribution in [0.4, 0.5) is 26.3 Å². The molecule has 0 amide bonds. The summed E-state index contributed by atoms with van der Waals surface area (Å²) in [4.78, 5) is 4.46. The van der Waals surface area contributed by atoms with Crippen LogP contribution in [-0.2, 0) is 30.6 Å². The van der Waals surface area contributed by atoms with Crippen LogP contribution in [0.2, 0.25) is 0 Å². The second-order valence-electron chi connectivity index (χ2n) is 8.58. The summed E-state index contributed by atoms with van der Waals surface area (Å²) in [6, 6.07) is 22.8. The molecule has 36 heavy (non-hydrogen) atoms. The van der Waals surface area contributed by atoms with Gasteiger partial charge >= 0.3 is 12.4 Å². The topological polar surface area (TPSA) is 12.9 Å². The van der Waals surface area contributed by atoms with Crippen LogP contribution in [0.3, 0.4) is 0 Å². The summed E-state index contributed by atoms with van der Waals surface area (Å²) < 4.78 is 83.5. The van der Waals surface area contributed by atoms with E-state index in [1.54, 1.807) is 61.5 Å². The van der Waals surface area contributed by atoms with Crippen molar-refractivity contribution in [1.29, 1.82) is 0 Å². The Hall–Kier alpha value is -3.61. The predicted octanol–water partition coefficient (Wildman–Crippen LogP) is 8.26. The van der Waals surface area contributed by atoms with E-state index < -0.39 is 28.9 Å². The highest BCUT2D eigenvalue weighted by Crippen LogP contribution is 2.45. The van der Waals surface area contributed by atoms with Gasteiger partial charge in [0.25, 0.3) is 0 Å². The minimum Gasteiger partial charge on any atom is -0.260 e. The van der Waals surface area contributed by atoms with Crippen LogP contribution >= 0.6 is 0 Å². The van der Waals surface area contributed by atoms with Crippen molar-refractivity contribution in [3.05, 3.63) is 136 Å². The van der Waals surface area contributed by atoms with Gasteiger partial charge in [-0.15, -0.1) is 0 Å². The lowest BCUT2D eigenvalue weighted by atomic mass is 9.67. The van der Waals surface area contributed by atoms with Crippen molar-refractivity contribution < 1.29 is 26.3 Å². The standard InChI is InChI=1S/C29H23F6N/c1-2-21-14-15-23(18-25(21)29(33,34)35)27(26-13-6-7-16-36-26,19-20-9-4-3-5-10-20)22-11-8-12-24(17-22)28(30,31)32/h3-18H,2,19H2,1H3. The number of rotatable bonds is 6. The van der Waals surface area contributed by atoms with E-state index >= 15 is 0 Å². The Kier molecular flexibility index (Phi) is 6.94. The van der Waals surface area contributed by atoms with Gasteiger partial charge in [0, 0.05) is 6.20 Å². The highest BCUT2D eigenvalue weighted by molar-refractivity contribution is 5.53. The van der Waals surface area contributed by atoms with E-state index in [1.807, 2.05) is 0 Å². The minimum atomic E-state index is -4.63. The summed E-state index contributed by atoms with van der Waals surface area (Å²) in [5, 5.41) is 0. The Morgan fingerprint density at radius 2 is 1.31 bits per heavy atom. The van der Waals surface area contributed by atoms with Crippen LogP contribution < -0.4 is 0 Å². The Bertz CT molecular complexity index is 1310. The average Bonchev–Trinajstić information content (AvgIpc) is 2.87. The fraction of sp³-hybridized carbons (Fsp3) is 0.207. The van der Waals surface area contributed by atoms with Gasteiger partial charge in [-0.1, -0.05) is 73.7 Å². The second-order valence-corrected chi connectivity index (χ2v) is 8.58. The molecule has 186 valence electrons. The maximum absolute atomic E-state index is 14.1. The van der Waals surface area contributed by atoms with Gasteiger partial charge in [0.05, 0.1) is 22.2 Å². The van der Waals surface area contributed by atoms with Crippen molar-refractivity contribution in [1.82, 2.24) is 4.98 Å². The molecule has 4 rings (SSSR count). The van der Waals surface area contributed by atoms with Crippen LogP contribution in [0.25, 0.3) is 0 Å². The number of hydrogen-bond acceptors (Lipinski definition) is 1. The van der Waals surface area contributed by atoms with E-state index in [0.717, 1.165) is 23.8 Å². The molecule has 0 fully saturated rings. The van der Waals surface area contributed by atoms with Gasteiger partial charge in [-0.3, -0.25) is 4.98 Å². The lowest BCUT2D eigenvalue weighted by Gasteiger charge is -2.36. The molecule has 1 aromatic heterocycles. The van der Waals surface area contributed by atoms with E-state index in [9.17, 15) is 26.3 Å². The molecule has 7 heteroatoms. The molecule has 0 saturated heterocycles. The third kappa shape index (κ3) is 5.01. The molecule has 3 aromatic carbocycles. The lowest BCUT2D eigenvalue weighted by molar-refractivity contribution is -0.138. The summed E-state index contributed by atoms with van der Waals surface area (Å²) in [6.45, 7) is 1.63. The van der Waals surface area contributed by atoms with Crippen molar-refractivity contribution in [2.45, 2.75) is 37.5 Å². The summed E-state index contributed by atoms with van der Waals surface area (Å²) in [7, 11) is 0. The third-order valence-electron chi connectivity index (χ3n) is 6.39. The summed E-state index contributed by atoms with van der Waals surface area (Å²) >= 11 is 0. The van der Waals surface area contributed by atoms with Gasteiger partial charge in [0.15, 0.2) is 0 Å². The van der Waals surface area contributed by atoms with Crippen LogP contribution in [0.1, 0.15) is 46.0 Å². The SMILES string of the molecule is CCc1ccc(C(Cc2ccccc2)(c2cccc(C(F)(F)F)c2)c2ccccn2)cc1C(F)(F)F. The molecule has 1 atom stereocenters. The highest BCUT2D eigenvalue weighted by atomic mass is 19.4. The molecule has 0 radical (unpaired) electrons. The molecule has 0 aliphatic rings. The molecule has 0 aliphatic heterocycles. The quantitative estimate of drug-likeness (QED) is 0.243. The zero-order valence-corrected chi connectivity index (χ0v) is 19.4. The number of alkyl halides is 6. The van der Waals surface area contributed by atoms with Crippen molar-refractivity contribution in [2.24, 2.45) is 0 Å². The number of hydrogen-bond donors (Lipinski definition) is 0. The number of aryl methyl sites for hydroxylation is 1. The minimum absolute atomic E-state index is 0.106. The van der Waals surface area contributed by atoms with Gasteiger partial charge in [0.2, 0.25) is 0 Å². The zero-order valence-electron chi connectivity index (χ0n) is 19.4. The molecule has 0 N–H and O–H groups in total. The van der Waals surface area contributed by atoms with Gasteiger partial charge in [-0.2, -0.15) is 26.3 Å². The molecule has 0 saturated carbocycles. The summed E-state index contributed by atoms with van der Waals surface area (Å²) in [5.74, 6) is 0. The summed E-state index contributed by atoms with van der Waals surface area (Å²) in [6.07, 6.45) is -7.49. The van der Waals surface area contributed by atoms with Crippen LogP contribution in [-0.4, -0.2) is 4.98 Å². The molecule has 0 spiro atoms. The van der Waals surface area contributed by atoms with E-state index in [0.29, 0.717) is 5.69 Å². The van der Waals surface area contributed by atoms with E-state index in [4.69, 9.17) is 0 Å². The molecular formula is C29H23F6N. The normalized spacial score (nSPS) is 13.9. The van der Waals surface area contributed by atoms with Crippen molar-refractivity contribution in [2.75, 3.05) is 0 Å². The van der Waals surface area contributed by atoms with Crippen molar-refractivity contribution >= 4 is 0 Å². The number of nitrogens with zero attached hydrogens (tertiary/aromatic N) is 1. The fourth-order valence-electron chi connectivity index (χ4n) is 4.65. The average molecular weight is 499 g/mol. The zero-order chi connectivity index (χ0) is 26.0. The maximum Gasteiger partial charge on any atom is 0.416 e. The number of halogens is 6. The number of benzene rings is 3. The number of pyridine rings is 1. The Morgan fingerprint density at radius 3 is 1.92 bits per heavy atom. The molecule has 4 aromatic rings. The van der Waals surface area contributed by atoms with Gasteiger partial charge in [-0.05, 0) is 59.4 Å². The van der Waals surface area contributed by atoms with Gasteiger partial charge in [0.1, 0.15) is 0 Å². The lowest BCUT2D eigenvalue weighted by Crippen LogP contribution is -2.34. The molecule has 0 aliphatic carbocycles. The van der Waals surface area contributed by atoms with Crippen molar-refractivity contribution in [3.63, 3.8) is 0 Å². The maximum atomic E-state index is 14.1. The Morgan fingerprint density at radius 1 is 0.639 bits per heavy atom. The Labute approximate surface area is 205 Å². The number of aromatic nitrogens is 1. The van der Waals surface area contributed by atoms with Gasteiger partial charge < -0.3 is 0 Å². The molecule has 1 unspecified atom stereocenters. The highest BCUT2D eigenvalue weighted by Gasteiger charge is 2.42. The predicted molar refractivity (Wildman–Crippen MR) is 127 cm³/mol. The largest absolute Gasteiger partial charge is 0.416 e. The molecule has 1 nitrogen and oxygen atoms in total. The van der Waals surface area contributed by atoms with Crippen LogP contribution in [0.15, 0.2) is 97.2 Å². The Balaban J connectivity index is 2.10. The smallest absolute Gasteiger partial charge is 0.260 e. The first-order valence-corrected chi connectivity index (χ1v) is 11.4. The molecule has 0 bridgehead atoms. The van der Waals surface area contributed by atoms with Crippen LogP contribution in [0, 0.1) is 0 Å². The van der Waals surface area contributed by atoms with Crippen molar-refractivity contribution in [3.8, 4) is 0 Å². The van der Waals surface area contributed by atoms with E-state index in [2.05, 4.69) is 4.98 Å². The van der Waals surface area contributed by atoms with E-state index in [-0.39, 0.29) is 29.5 Å². The third-order valence-corrected chi connectivity index (χ3v) is 6.39. The first-order valence-electron chi connectivity index (χ1n) is 11.4. The molecule has 1 heterocycles. The monoisotopic (exact) mass is 499 g/mol. The van der Waals surface area contributed by atoms with E-state index in [1.165, 1.54) is 24.4 Å². The van der Waals surface area contributed by atoms with Gasteiger partial charge in [-0.25, -0.2) is 0 Å². The first-order chi connectivity index (χ1) is 17.1. The van der Waals surface area contributed by atoms with Crippen LogP contribution in [0.5, 0.6) is 0 Å². The second kappa shape index (κ2) is 9.80. The molecular weight excluding hydrogens is 476 g/mol. The summed E-state index contributed by atoms with van der Waals surface area (Å²) in [5.41, 5.74) is -1.47. The first kappa shape index (κ1) is 25.5. The fourth-order valence-corrected chi connectivity index (χ4v) is 4.65.